The number of rotatable bonds is 3. The first-order valence-electron chi connectivity index (χ1n) is 8.46. The lowest BCUT2D eigenvalue weighted by molar-refractivity contribution is 0.173. The van der Waals surface area contributed by atoms with Gasteiger partial charge in [0.25, 0.3) is 0 Å². The summed E-state index contributed by atoms with van der Waals surface area (Å²) in [4.78, 5) is 14.4. The zero-order chi connectivity index (χ0) is 17.2. The number of benzene rings is 1. The van der Waals surface area contributed by atoms with E-state index in [4.69, 9.17) is 9.47 Å². The molecule has 2 aromatic rings. The fourth-order valence-electron chi connectivity index (χ4n) is 3.37. The molecule has 1 aromatic carbocycles. The van der Waals surface area contributed by atoms with Crippen LogP contribution in [-0.4, -0.2) is 45.6 Å². The van der Waals surface area contributed by atoms with E-state index in [0.717, 1.165) is 42.3 Å². The van der Waals surface area contributed by atoms with E-state index in [1.807, 2.05) is 34.7 Å². The van der Waals surface area contributed by atoms with Crippen LogP contribution in [0.4, 0.5) is 4.79 Å². The lowest BCUT2D eigenvalue weighted by atomic mass is 9.97. The number of amides is 2. The van der Waals surface area contributed by atoms with Crippen LogP contribution in [0.3, 0.4) is 0 Å². The maximum atomic E-state index is 12.5. The van der Waals surface area contributed by atoms with Crippen LogP contribution in [0.25, 0.3) is 0 Å². The average molecular weight is 343 g/mol. The van der Waals surface area contributed by atoms with Gasteiger partial charge in [-0.05, 0) is 30.5 Å². The van der Waals surface area contributed by atoms with E-state index in [9.17, 15) is 4.79 Å². The van der Waals surface area contributed by atoms with Crippen molar-refractivity contribution in [1.29, 1.82) is 0 Å². The molecule has 0 spiro atoms. The number of hydrogen-bond donors (Lipinski definition) is 1. The standard InChI is InChI=1S/C17H21N5O3/c1-21-10-19-20-16(21)13-3-2-6-22(9-13)17(23)18-8-12-4-5-14-15(7-12)25-11-24-14/h4-5,7,10,13H,2-3,6,8-9,11H2,1H3,(H,18,23)/t13-/m1/s1. The van der Waals surface area contributed by atoms with Crippen LogP contribution in [0, 0.1) is 0 Å². The number of carbonyl (C=O) groups is 1. The Morgan fingerprint density at radius 3 is 3.08 bits per heavy atom. The Labute approximate surface area is 145 Å². The molecule has 8 nitrogen and oxygen atoms in total. The van der Waals surface area contributed by atoms with Gasteiger partial charge in [-0.1, -0.05) is 6.07 Å². The van der Waals surface area contributed by atoms with Gasteiger partial charge >= 0.3 is 6.03 Å². The molecule has 0 unspecified atom stereocenters. The largest absolute Gasteiger partial charge is 0.454 e. The number of nitrogens with one attached hydrogen (secondary N) is 1. The maximum Gasteiger partial charge on any atom is 0.317 e. The third-order valence-corrected chi connectivity index (χ3v) is 4.70. The van der Waals surface area contributed by atoms with Crippen molar-refractivity contribution in [2.75, 3.05) is 19.9 Å². The Hall–Kier alpha value is -2.77. The van der Waals surface area contributed by atoms with Crippen LogP contribution >= 0.6 is 0 Å². The zero-order valence-corrected chi connectivity index (χ0v) is 14.1. The fraction of sp³-hybridized carbons (Fsp3) is 0.471. The summed E-state index contributed by atoms with van der Waals surface area (Å²) in [6.07, 6.45) is 3.70. The van der Waals surface area contributed by atoms with Crippen molar-refractivity contribution < 1.29 is 14.3 Å². The molecular formula is C17H21N5O3. The van der Waals surface area contributed by atoms with E-state index in [-0.39, 0.29) is 18.7 Å². The third kappa shape index (κ3) is 3.24. The summed E-state index contributed by atoms with van der Waals surface area (Å²) in [6, 6.07) is 5.66. The van der Waals surface area contributed by atoms with Gasteiger partial charge in [-0.2, -0.15) is 0 Å². The van der Waals surface area contributed by atoms with Gasteiger partial charge in [0.1, 0.15) is 12.2 Å². The molecule has 3 heterocycles. The molecule has 2 amide bonds. The monoisotopic (exact) mass is 343 g/mol. The minimum Gasteiger partial charge on any atom is -0.454 e. The van der Waals surface area contributed by atoms with E-state index >= 15 is 0 Å². The predicted octanol–water partition coefficient (Wildman–Crippen LogP) is 1.63. The number of aryl methyl sites for hydroxylation is 1. The molecular weight excluding hydrogens is 322 g/mol. The van der Waals surface area contributed by atoms with Crippen molar-refractivity contribution in [2.24, 2.45) is 7.05 Å². The van der Waals surface area contributed by atoms with Gasteiger partial charge in [-0.15, -0.1) is 10.2 Å². The van der Waals surface area contributed by atoms with Crippen molar-refractivity contribution in [3.63, 3.8) is 0 Å². The number of piperidine rings is 1. The van der Waals surface area contributed by atoms with Crippen LogP contribution in [0.2, 0.25) is 0 Å². The summed E-state index contributed by atoms with van der Waals surface area (Å²) in [7, 11) is 1.94. The number of aromatic nitrogens is 3. The topological polar surface area (TPSA) is 81.5 Å². The van der Waals surface area contributed by atoms with E-state index in [1.54, 1.807) is 6.33 Å². The third-order valence-electron chi connectivity index (χ3n) is 4.70. The molecule has 0 radical (unpaired) electrons. The van der Waals surface area contributed by atoms with Crippen LogP contribution in [0.15, 0.2) is 24.5 Å². The van der Waals surface area contributed by atoms with Crippen LogP contribution in [-0.2, 0) is 13.6 Å². The molecule has 2 aliphatic heterocycles. The Morgan fingerprint density at radius 2 is 2.24 bits per heavy atom. The Bertz CT molecular complexity index is 775. The highest BCUT2D eigenvalue weighted by molar-refractivity contribution is 5.74. The van der Waals surface area contributed by atoms with Gasteiger partial charge in [0.05, 0.1) is 0 Å². The summed E-state index contributed by atoms with van der Waals surface area (Å²) in [5.74, 6) is 2.65. The summed E-state index contributed by atoms with van der Waals surface area (Å²) in [5.41, 5.74) is 0.986. The predicted molar refractivity (Wildman–Crippen MR) is 89.4 cm³/mol. The fourth-order valence-corrected chi connectivity index (χ4v) is 3.37. The van der Waals surface area contributed by atoms with Gasteiger partial charge in [0, 0.05) is 32.6 Å². The first kappa shape index (κ1) is 15.7. The van der Waals surface area contributed by atoms with Crippen molar-refractivity contribution in [2.45, 2.75) is 25.3 Å². The zero-order valence-electron chi connectivity index (χ0n) is 14.1. The molecule has 132 valence electrons. The number of hydrogen-bond acceptors (Lipinski definition) is 5. The summed E-state index contributed by atoms with van der Waals surface area (Å²) in [6.45, 7) is 2.14. The number of ether oxygens (including phenoxy) is 2. The van der Waals surface area contributed by atoms with Crippen molar-refractivity contribution >= 4 is 6.03 Å². The second-order valence-electron chi connectivity index (χ2n) is 6.43. The summed E-state index contributed by atoms with van der Waals surface area (Å²) in [5, 5.41) is 11.1. The lowest BCUT2D eigenvalue weighted by Gasteiger charge is -2.32. The SMILES string of the molecule is Cn1cnnc1[C@@H]1CCCN(C(=O)NCc2ccc3c(c2)OCO3)C1. The van der Waals surface area contributed by atoms with Crippen LogP contribution < -0.4 is 14.8 Å². The number of likely N-dealkylation sites (tertiary alicyclic amines) is 1. The van der Waals surface area contributed by atoms with Crippen molar-refractivity contribution in [3.05, 3.63) is 35.9 Å². The second-order valence-corrected chi connectivity index (χ2v) is 6.43. The number of urea groups is 1. The number of nitrogens with zero attached hydrogens (tertiary/aromatic N) is 4. The summed E-state index contributed by atoms with van der Waals surface area (Å²) < 4.78 is 12.6. The normalized spacial score (nSPS) is 19.1. The minimum atomic E-state index is -0.0514. The molecule has 0 bridgehead atoms. The molecule has 0 aliphatic carbocycles. The van der Waals surface area contributed by atoms with E-state index in [2.05, 4.69) is 15.5 Å². The van der Waals surface area contributed by atoms with Crippen LogP contribution in [0.5, 0.6) is 11.5 Å². The van der Waals surface area contributed by atoms with E-state index in [1.165, 1.54) is 0 Å². The van der Waals surface area contributed by atoms with Gasteiger partial charge < -0.3 is 24.3 Å². The molecule has 2 aliphatic rings. The lowest BCUT2D eigenvalue weighted by Crippen LogP contribution is -2.45. The molecule has 1 fully saturated rings. The molecule has 0 saturated carbocycles. The van der Waals surface area contributed by atoms with Crippen molar-refractivity contribution in [3.8, 4) is 11.5 Å². The molecule has 1 aromatic heterocycles. The Kier molecular flexibility index (Phi) is 4.17. The van der Waals surface area contributed by atoms with E-state index < -0.39 is 0 Å². The van der Waals surface area contributed by atoms with Gasteiger partial charge in [-0.25, -0.2) is 4.79 Å². The smallest absolute Gasteiger partial charge is 0.317 e. The quantitative estimate of drug-likeness (QED) is 0.916. The first-order valence-corrected chi connectivity index (χ1v) is 8.46. The van der Waals surface area contributed by atoms with Gasteiger partial charge in [-0.3, -0.25) is 0 Å². The second kappa shape index (κ2) is 6.62. The first-order chi connectivity index (χ1) is 12.2. The molecule has 25 heavy (non-hydrogen) atoms. The van der Waals surface area contributed by atoms with Crippen molar-refractivity contribution in [1.82, 2.24) is 25.0 Å². The average Bonchev–Trinajstić information content (AvgIpc) is 3.27. The highest BCUT2D eigenvalue weighted by Crippen LogP contribution is 2.32. The molecule has 1 atom stereocenters. The molecule has 8 heteroatoms. The maximum absolute atomic E-state index is 12.5. The van der Waals surface area contributed by atoms with Gasteiger partial charge in [0.15, 0.2) is 11.5 Å². The Balaban J connectivity index is 1.35. The highest BCUT2D eigenvalue weighted by atomic mass is 16.7. The molecule has 1 saturated heterocycles. The minimum absolute atomic E-state index is 0.0514. The molecule has 4 rings (SSSR count). The summed E-state index contributed by atoms with van der Waals surface area (Å²) >= 11 is 0. The molecule has 1 N–H and O–H groups in total. The van der Waals surface area contributed by atoms with Gasteiger partial charge in [0.2, 0.25) is 6.79 Å². The van der Waals surface area contributed by atoms with Crippen LogP contribution in [0.1, 0.15) is 30.1 Å². The van der Waals surface area contributed by atoms with E-state index in [0.29, 0.717) is 13.1 Å². The highest BCUT2D eigenvalue weighted by Gasteiger charge is 2.27. The Morgan fingerprint density at radius 1 is 1.36 bits per heavy atom. The number of carbonyl (C=O) groups excluding carboxylic acids is 1. The number of fused-ring (bicyclic) bond motifs is 1.